The Bertz CT molecular complexity index is 366. The molecule has 0 spiro atoms. The Labute approximate surface area is 93.4 Å². The number of Topliss-reactive ketones (excluding diaryl/α,β-unsaturated/α-hetero) is 1. The first-order valence-electron chi connectivity index (χ1n) is 4.19. The molecule has 1 aromatic rings. The van der Waals surface area contributed by atoms with Gasteiger partial charge in [0.2, 0.25) is 0 Å². The maximum absolute atomic E-state index is 13.4. The minimum atomic E-state index is -2.86. The van der Waals surface area contributed by atoms with E-state index in [1.54, 1.807) is 0 Å². The maximum Gasteiger partial charge on any atom is 0.266 e. The molecule has 0 N–H and O–H groups in total. The van der Waals surface area contributed by atoms with Crippen molar-refractivity contribution in [2.75, 3.05) is 5.33 Å². The molecule has 0 saturated carbocycles. The van der Waals surface area contributed by atoms with E-state index >= 15 is 0 Å². The van der Waals surface area contributed by atoms with Gasteiger partial charge in [-0.3, -0.25) is 4.79 Å². The van der Waals surface area contributed by atoms with Gasteiger partial charge in [0, 0.05) is 6.42 Å². The molecular weight excluding hydrogens is 273 g/mol. The normalized spacial score (nSPS) is 10.7. The summed E-state index contributed by atoms with van der Waals surface area (Å²) in [6, 6.07) is 3.67. The number of carbonyl (C=O) groups excluding carboxylic acids is 1. The molecule has 0 aliphatic carbocycles. The Kier molecular flexibility index (Phi) is 4.32. The van der Waals surface area contributed by atoms with Crippen molar-refractivity contribution in [2.45, 2.75) is 12.8 Å². The van der Waals surface area contributed by atoms with Crippen molar-refractivity contribution in [1.29, 1.82) is 0 Å². The second-order valence-electron chi connectivity index (χ2n) is 2.97. The van der Waals surface area contributed by atoms with Crippen LogP contribution in [-0.4, -0.2) is 11.1 Å². The van der Waals surface area contributed by atoms with Gasteiger partial charge < -0.3 is 0 Å². The van der Waals surface area contributed by atoms with Crippen LogP contribution in [0.1, 0.15) is 17.6 Å². The van der Waals surface area contributed by atoms with E-state index in [1.807, 2.05) is 0 Å². The van der Waals surface area contributed by atoms with Gasteiger partial charge in [-0.15, -0.1) is 0 Å². The van der Waals surface area contributed by atoms with E-state index in [0.29, 0.717) is 0 Å². The van der Waals surface area contributed by atoms with Gasteiger partial charge in [0.05, 0.1) is 10.9 Å². The molecule has 15 heavy (non-hydrogen) atoms. The van der Waals surface area contributed by atoms with Gasteiger partial charge in [0.15, 0.2) is 0 Å². The first-order chi connectivity index (χ1) is 7.06. The third-order valence-corrected chi connectivity index (χ3v) is 2.51. The first-order valence-corrected chi connectivity index (χ1v) is 5.31. The molecule has 0 aliphatic rings. The fourth-order valence-corrected chi connectivity index (χ4v) is 1.36. The van der Waals surface area contributed by atoms with E-state index in [0.717, 1.165) is 6.07 Å². The molecule has 0 atom stereocenters. The second kappa shape index (κ2) is 5.30. The van der Waals surface area contributed by atoms with Crippen LogP contribution in [0.5, 0.6) is 0 Å². The lowest BCUT2D eigenvalue weighted by Crippen LogP contribution is -2.06. The van der Waals surface area contributed by atoms with E-state index in [4.69, 9.17) is 0 Å². The zero-order valence-electron chi connectivity index (χ0n) is 7.64. The molecule has 1 rings (SSSR count). The Morgan fingerprint density at radius 1 is 1.40 bits per heavy atom. The number of rotatable bonds is 4. The molecule has 82 valence electrons. The van der Waals surface area contributed by atoms with Gasteiger partial charge in [-0.1, -0.05) is 34.1 Å². The number of hydrogen-bond donors (Lipinski definition) is 0. The van der Waals surface area contributed by atoms with E-state index in [2.05, 4.69) is 15.9 Å². The number of hydrogen-bond acceptors (Lipinski definition) is 1. The van der Waals surface area contributed by atoms with Crippen LogP contribution >= 0.6 is 15.9 Å². The number of halogens is 4. The summed E-state index contributed by atoms with van der Waals surface area (Å²) in [5, 5.41) is 0.0886. The molecule has 1 aromatic carbocycles. The molecule has 0 aromatic heterocycles. The third kappa shape index (κ3) is 3.06. The summed E-state index contributed by atoms with van der Waals surface area (Å²) in [7, 11) is 0. The Hall–Kier alpha value is -0.840. The van der Waals surface area contributed by atoms with Crippen molar-refractivity contribution in [3.63, 3.8) is 0 Å². The van der Waals surface area contributed by atoms with Gasteiger partial charge in [0.25, 0.3) is 6.43 Å². The van der Waals surface area contributed by atoms with E-state index in [9.17, 15) is 18.0 Å². The highest BCUT2D eigenvalue weighted by Crippen LogP contribution is 2.24. The monoisotopic (exact) mass is 280 g/mol. The number of carbonyl (C=O) groups is 1. The molecule has 0 amide bonds. The molecule has 0 unspecified atom stereocenters. The fraction of sp³-hybridized carbons (Fsp3) is 0.300. The molecule has 0 aliphatic heterocycles. The van der Waals surface area contributed by atoms with Gasteiger partial charge in [-0.05, 0) is 5.56 Å². The highest BCUT2D eigenvalue weighted by Gasteiger charge is 2.17. The number of benzene rings is 1. The molecule has 0 saturated heterocycles. The molecule has 0 radical (unpaired) electrons. The third-order valence-electron chi connectivity index (χ3n) is 1.88. The summed E-state index contributed by atoms with van der Waals surface area (Å²) >= 11 is 2.92. The summed E-state index contributed by atoms with van der Waals surface area (Å²) < 4.78 is 38.0. The lowest BCUT2D eigenvalue weighted by atomic mass is 10.1. The molecule has 1 nitrogen and oxygen atoms in total. The lowest BCUT2D eigenvalue weighted by molar-refractivity contribution is -0.115. The molecular formula is C10H8BrF3O. The smallest absolute Gasteiger partial charge is 0.266 e. The van der Waals surface area contributed by atoms with Gasteiger partial charge in [-0.2, -0.15) is 0 Å². The van der Waals surface area contributed by atoms with Crippen molar-refractivity contribution in [1.82, 2.24) is 0 Å². The van der Waals surface area contributed by atoms with Crippen molar-refractivity contribution >= 4 is 21.7 Å². The molecule has 0 fully saturated rings. The largest absolute Gasteiger partial charge is 0.298 e. The summed E-state index contributed by atoms with van der Waals surface area (Å²) in [4.78, 5) is 11.0. The number of alkyl halides is 3. The van der Waals surface area contributed by atoms with E-state index < -0.39 is 17.8 Å². The van der Waals surface area contributed by atoms with Crippen LogP contribution in [0.2, 0.25) is 0 Å². The average molecular weight is 281 g/mol. The van der Waals surface area contributed by atoms with Gasteiger partial charge in [0.1, 0.15) is 11.6 Å². The first kappa shape index (κ1) is 12.2. The van der Waals surface area contributed by atoms with Crippen LogP contribution in [-0.2, 0) is 11.2 Å². The van der Waals surface area contributed by atoms with Gasteiger partial charge >= 0.3 is 0 Å². The summed E-state index contributed by atoms with van der Waals surface area (Å²) in [6.07, 6.45) is -3.03. The van der Waals surface area contributed by atoms with E-state index in [-0.39, 0.29) is 23.1 Å². The van der Waals surface area contributed by atoms with Crippen LogP contribution in [0.25, 0.3) is 0 Å². The number of ketones is 1. The van der Waals surface area contributed by atoms with Crippen LogP contribution in [0.4, 0.5) is 13.2 Å². The zero-order valence-corrected chi connectivity index (χ0v) is 9.23. The minimum Gasteiger partial charge on any atom is -0.298 e. The average Bonchev–Trinajstić information content (AvgIpc) is 2.20. The summed E-state index contributed by atoms with van der Waals surface area (Å²) in [5.74, 6) is -1.23. The van der Waals surface area contributed by atoms with Crippen LogP contribution in [0, 0.1) is 5.82 Å². The highest BCUT2D eigenvalue weighted by atomic mass is 79.9. The van der Waals surface area contributed by atoms with Crippen LogP contribution in [0.3, 0.4) is 0 Å². The molecule has 0 heterocycles. The van der Waals surface area contributed by atoms with Gasteiger partial charge in [-0.25, -0.2) is 13.2 Å². The second-order valence-corrected chi connectivity index (χ2v) is 3.53. The van der Waals surface area contributed by atoms with Crippen molar-refractivity contribution in [3.8, 4) is 0 Å². The van der Waals surface area contributed by atoms with Crippen LogP contribution < -0.4 is 0 Å². The Morgan fingerprint density at radius 3 is 2.60 bits per heavy atom. The maximum atomic E-state index is 13.4. The SMILES string of the molecule is O=C(CBr)Cc1cccc(C(F)F)c1F. The predicted molar refractivity (Wildman–Crippen MR) is 53.9 cm³/mol. The lowest BCUT2D eigenvalue weighted by Gasteiger charge is -2.06. The summed E-state index contributed by atoms with van der Waals surface area (Å²) in [5.41, 5.74) is -0.646. The van der Waals surface area contributed by atoms with Crippen molar-refractivity contribution in [2.24, 2.45) is 0 Å². The summed E-state index contributed by atoms with van der Waals surface area (Å²) in [6.45, 7) is 0. The minimum absolute atomic E-state index is 0.0113. The Balaban J connectivity index is 2.99. The topological polar surface area (TPSA) is 17.1 Å². The van der Waals surface area contributed by atoms with Crippen molar-refractivity contribution < 1.29 is 18.0 Å². The van der Waals surface area contributed by atoms with E-state index in [1.165, 1.54) is 12.1 Å². The fourth-order valence-electron chi connectivity index (χ4n) is 1.16. The molecule has 5 heteroatoms. The zero-order chi connectivity index (χ0) is 11.4. The Morgan fingerprint density at radius 2 is 2.07 bits per heavy atom. The predicted octanol–water partition coefficient (Wildman–Crippen LogP) is 3.27. The van der Waals surface area contributed by atoms with Crippen molar-refractivity contribution in [3.05, 3.63) is 35.1 Å². The molecule has 0 bridgehead atoms. The quantitative estimate of drug-likeness (QED) is 0.774. The standard InChI is InChI=1S/C10H8BrF3O/c11-5-7(15)4-6-2-1-3-8(9(6)12)10(13)14/h1-3,10H,4-5H2. The van der Waals surface area contributed by atoms with Crippen LogP contribution in [0.15, 0.2) is 18.2 Å². The highest BCUT2D eigenvalue weighted by molar-refractivity contribution is 9.09.